The number of nitrogens with zero attached hydrogens (tertiary/aromatic N) is 2. The van der Waals surface area contributed by atoms with Gasteiger partial charge < -0.3 is 15.6 Å². The Morgan fingerprint density at radius 3 is 2.44 bits per heavy atom. The van der Waals surface area contributed by atoms with E-state index in [0.717, 1.165) is 23.1 Å². The van der Waals surface area contributed by atoms with E-state index in [4.69, 9.17) is 5.73 Å². The van der Waals surface area contributed by atoms with Gasteiger partial charge in [-0.3, -0.25) is 9.59 Å². The van der Waals surface area contributed by atoms with Crippen LogP contribution >= 0.6 is 11.8 Å². The third-order valence-electron chi connectivity index (χ3n) is 3.76. The van der Waals surface area contributed by atoms with Crippen LogP contribution in [0.1, 0.15) is 35.6 Å². The standard InChI is InChI=1S/C18H24N4O2S/c1-11(2)9-22-13(4)12(3)20-18(22)25-10-16(23)21-15-7-5-14(6-8-15)17(19)24/h5-8,11H,9-10H2,1-4H3,(H2,19,24)(H,21,23). The van der Waals surface area contributed by atoms with Gasteiger partial charge in [-0.1, -0.05) is 25.6 Å². The summed E-state index contributed by atoms with van der Waals surface area (Å²) in [6.07, 6.45) is 0. The summed E-state index contributed by atoms with van der Waals surface area (Å²) < 4.78 is 2.17. The summed E-state index contributed by atoms with van der Waals surface area (Å²) in [6, 6.07) is 6.51. The lowest BCUT2D eigenvalue weighted by atomic mass is 10.2. The van der Waals surface area contributed by atoms with Gasteiger partial charge in [-0.25, -0.2) is 4.98 Å². The first-order valence-electron chi connectivity index (χ1n) is 8.14. The van der Waals surface area contributed by atoms with Gasteiger partial charge in [-0.05, 0) is 44.0 Å². The van der Waals surface area contributed by atoms with Crippen molar-refractivity contribution in [1.29, 1.82) is 0 Å². The fourth-order valence-electron chi connectivity index (χ4n) is 2.36. The van der Waals surface area contributed by atoms with Gasteiger partial charge >= 0.3 is 0 Å². The molecule has 25 heavy (non-hydrogen) atoms. The number of primary amides is 1. The van der Waals surface area contributed by atoms with Gasteiger partial charge in [0.15, 0.2) is 5.16 Å². The summed E-state index contributed by atoms with van der Waals surface area (Å²) in [7, 11) is 0. The number of anilines is 1. The van der Waals surface area contributed by atoms with Crippen LogP contribution in [-0.4, -0.2) is 27.1 Å². The van der Waals surface area contributed by atoms with E-state index in [1.807, 2.05) is 6.92 Å². The van der Waals surface area contributed by atoms with Crippen molar-refractivity contribution in [3.63, 3.8) is 0 Å². The Morgan fingerprint density at radius 1 is 1.24 bits per heavy atom. The molecule has 0 aliphatic rings. The lowest BCUT2D eigenvalue weighted by Crippen LogP contribution is -2.16. The molecule has 3 N–H and O–H groups in total. The average molecular weight is 360 g/mol. The van der Waals surface area contributed by atoms with E-state index in [-0.39, 0.29) is 11.7 Å². The number of nitrogens with one attached hydrogen (secondary N) is 1. The van der Waals surface area contributed by atoms with Gasteiger partial charge in [-0.15, -0.1) is 0 Å². The van der Waals surface area contributed by atoms with Crippen molar-refractivity contribution < 1.29 is 9.59 Å². The number of thioether (sulfide) groups is 1. The number of carbonyl (C=O) groups excluding carboxylic acids is 2. The summed E-state index contributed by atoms with van der Waals surface area (Å²) in [5.74, 6) is 0.164. The largest absolute Gasteiger partial charge is 0.366 e. The van der Waals surface area contributed by atoms with Crippen molar-refractivity contribution in [3.8, 4) is 0 Å². The summed E-state index contributed by atoms with van der Waals surface area (Å²) >= 11 is 1.43. The van der Waals surface area contributed by atoms with E-state index in [9.17, 15) is 9.59 Å². The molecule has 1 aromatic carbocycles. The molecular formula is C18H24N4O2S. The van der Waals surface area contributed by atoms with E-state index < -0.39 is 5.91 Å². The number of nitrogens with two attached hydrogens (primary N) is 1. The minimum Gasteiger partial charge on any atom is -0.366 e. The molecule has 0 spiro atoms. The van der Waals surface area contributed by atoms with Crippen LogP contribution in [0, 0.1) is 19.8 Å². The number of amides is 2. The highest BCUT2D eigenvalue weighted by atomic mass is 32.2. The fraction of sp³-hybridized carbons (Fsp3) is 0.389. The highest BCUT2D eigenvalue weighted by Crippen LogP contribution is 2.22. The zero-order valence-electron chi connectivity index (χ0n) is 15.0. The first-order chi connectivity index (χ1) is 11.8. The third-order valence-corrected chi connectivity index (χ3v) is 4.73. The van der Waals surface area contributed by atoms with Crippen LogP contribution in [0.15, 0.2) is 29.4 Å². The number of benzene rings is 1. The van der Waals surface area contributed by atoms with Crippen molar-refractivity contribution in [2.24, 2.45) is 11.7 Å². The van der Waals surface area contributed by atoms with Crippen LogP contribution < -0.4 is 11.1 Å². The van der Waals surface area contributed by atoms with Crippen molar-refractivity contribution in [2.75, 3.05) is 11.1 Å². The number of aryl methyl sites for hydroxylation is 1. The van der Waals surface area contributed by atoms with Gasteiger partial charge in [0.25, 0.3) is 0 Å². The summed E-state index contributed by atoms with van der Waals surface area (Å²) in [4.78, 5) is 27.8. The molecule has 2 aromatic rings. The molecule has 0 radical (unpaired) electrons. The fourth-order valence-corrected chi connectivity index (χ4v) is 3.26. The molecule has 1 heterocycles. The molecular weight excluding hydrogens is 336 g/mol. The molecule has 0 unspecified atom stereocenters. The number of imidazole rings is 1. The maximum Gasteiger partial charge on any atom is 0.248 e. The van der Waals surface area contributed by atoms with Gasteiger partial charge in [-0.2, -0.15) is 0 Å². The Labute approximate surface area is 152 Å². The Bertz CT molecular complexity index is 766. The highest BCUT2D eigenvalue weighted by Gasteiger charge is 2.14. The third kappa shape index (κ3) is 5.09. The van der Waals surface area contributed by atoms with Gasteiger partial charge in [0.1, 0.15) is 0 Å². The maximum absolute atomic E-state index is 12.2. The number of hydrogen-bond acceptors (Lipinski definition) is 4. The van der Waals surface area contributed by atoms with Crippen molar-refractivity contribution in [2.45, 2.75) is 39.4 Å². The zero-order chi connectivity index (χ0) is 18.6. The second-order valence-electron chi connectivity index (χ2n) is 6.35. The molecule has 2 rings (SSSR count). The summed E-state index contributed by atoms with van der Waals surface area (Å²) in [5, 5.41) is 3.67. The summed E-state index contributed by atoms with van der Waals surface area (Å²) in [6.45, 7) is 9.23. The second-order valence-corrected chi connectivity index (χ2v) is 7.29. The van der Waals surface area contributed by atoms with Crippen LogP contribution in [0.4, 0.5) is 5.69 Å². The molecule has 0 atom stereocenters. The first-order valence-corrected chi connectivity index (χ1v) is 9.12. The number of hydrogen-bond donors (Lipinski definition) is 2. The second kappa shape index (κ2) is 8.20. The Kier molecular flexibility index (Phi) is 6.25. The first kappa shape index (κ1) is 19.1. The molecule has 0 saturated carbocycles. The number of rotatable bonds is 7. The van der Waals surface area contributed by atoms with Gasteiger partial charge in [0.2, 0.25) is 11.8 Å². The minimum absolute atomic E-state index is 0.119. The van der Waals surface area contributed by atoms with Crippen LogP contribution in [0.5, 0.6) is 0 Å². The zero-order valence-corrected chi connectivity index (χ0v) is 15.8. The Balaban J connectivity index is 1.98. The molecule has 0 saturated heterocycles. The molecule has 2 amide bonds. The predicted octanol–water partition coefficient (Wildman–Crippen LogP) is 2.99. The van der Waals surface area contributed by atoms with Crippen LogP contribution in [0.3, 0.4) is 0 Å². The highest BCUT2D eigenvalue weighted by molar-refractivity contribution is 7.99. The van der Waals surface area contributed by atoms with Crippen LogP contribution in [0.25, 0.3) is 0 Å². The quantitative estimate of drug-likeness (QED) is 0.743. The van der Waals surface area contributed by atoms with Crippen molar-refractivity contribution in [3.05, 3.63) is 41.2 Å². The molecule has 134 valence electrons. The average Bonchev–Trinajstić information content (AvgIpc) is 2.81. The SMILES string of the molecule is Cc1nc(SCC(=O)Nc2ccc(C(N)=O)cc2)n(CC(C)C)c1C. The van der Waals surface area contributed by atoms with E-state index in [1.54, 1.807) is 24.3 Å². The van der Waals surface area contributed by atoms with Gasteiger partial charge in [0, 0.05) is 23.5 Å². The van der Waals surface area contributed by atoms with E-state index >= 15 is 0 Å². The Hall–Kier alpha value is -2.28. The lowest BCUT2D eigenvalue weighted by molar-refractivity contribution is -0.113. The molecule has 1 aromatic heterocycles. The van der Waals surface area contributed by atoms with E-state index in [1.165, 1.54) is 11.8 Å². The van der Waals surface area contributed by atoms with Crippen LogP contribution in [-0.2, 0) is 11.3 Å². The summed E-state index contributed by atoms with van der Waals surface area (Å²) in [5.41, 5.74) is 8.37. The number of carbonyl (C=O) groups is 2. The molecule has 7 heteroatoms. The maximum atomic E-state index is 12.2. The van der Waals surface area contributed by atoms with Gasteiger partial charge in [0.05, 0.1) is 11.4 Å². The topological polar surface area (TPSA) is 90.0 Å². The lowest BCUT2D eigenvalue weighted by Gasteiger charge is -2.12. The van der Waals surface area contributed by atoms with E-state index in [2.05, 4.69) is 35.6 Å². The number of aromatic nitrogens is 2. The molecule has 6 nitrogen and oxygen atoms in total. The molecule has 0 aliphatic carbocycles. The monoisotopic (exact) mass is 360 g/mol. The minimum atomic E-state index is -0.490. The van der Waals surface area contributed by atoms with E-state index in [0.29, 0.717) is 17.2 Å². The Morgan fingerprint density at radius 2 is 1.88 bits per heavy atom. The molecule has 0 aliphatic heterocycles. The molecule has 0 bridgehead atoms. The van der Waals surface area contributed by atoms with Crippen molar-refractivity contribution >= 4 is 29.3 Å². The smallest absolute Gasteiger partial charge is 0.248 e. The predicted molar refractivity (Wildman–Crippen MR) is 101 cm³/mol. The normalized spacial score (nSPS) is 10.9. The van der Waals surface area contributed by atoms with Crippen molar-refractivity contribution in [1.82, 2.24) is 9.55 Å². The molecule has 0 fully saturated rings. The van der Waals surface area contributed by atoms with Crippen LogP contribution in [0.2, 0.25) is 0 Å².